The van der Waals surface area contributed by atoms with E-state index in [1.165, 1.54) is 12.1 Å². The molecule has 3 N–H and O–H groups in total. The van der Waals surface area contributed by atoms with Gasteiger partial charge in [-0.3, -0.25) is 0 Å². The normalized spacial score (nSPS) is 10.7. The summed E-state index contributed by atoms with van der Waals surface area (Å²) in [6.45, 7) is 2.54. The van der Waals surface area contributed by atoms with Crippen molar-refractivity contribution in [2.24, 2.45) is 5.73 Å². The Morgan fingerprint density at radius 3 is 2.62 bits per heavy atom. The van der Waals surface area contributed by atoms with Crippen molar-refractivity contribution in [3.63, 3.8) is 0 Å². The van der Waals surface area contributed by atoms with Gasteiger partial charge in [0.2, 0.25) is 0 Å². The molecule has 0 aliphatic rings. The average molecular weight is 219 g/mol. The zero-order valence-electron chi connectivity index (χ0n) is 9.13. The fraction of sp³-hybridized carbons (Fsp3) is 0.250. The van der Waals surface area contributed by atoms with E-state index in [4.69, 9.17) is 5.73 Å². The molecule has 0 aliphatic heterocycles. The van der Waals surface area contributed by atoms with E-state index in [1.54, 1.807) is 12.1 Å². The van der Waals surface area contributed by atoms with Gasteiger partial charge in [-0.2, -0.15) is 0 Å². The van der Waals surface area contributed by atoms with Crippen LogP contribution in [0.25, 0.3) is 11.4 Å². The summed E-state index contributed by atoms with van der Waals surface area (Å²) in [5.74, 6) is 0.523. The molecule has 0 atom stereocenters. The first-order chi connectivity index (χ1) is 7.70. The third kappa shape index (κ3) is 2.12. The Morgan fingerprint density at radius 2 is 2.00 bits per heavy atom. The van der Waals surface area contributed by atoms with Gasteiger partial charge in [0.15, 0.2) is 0 Å². The highest BCUT2D eigenvalue weighted by Crippen LogP contribution is 2.18. The first kappa shape index (κ1) is 10.8. The molecule has 4 heteroatoms. The summed E-state index contributed by atoms with van der Waals surface area (Å²) >= 11 is 0. The Hall–Kier alpha value is -1.68. The number of H-pyrrole nitrogens is 1. The molecule has 0 spiro atoms. The van der Waals surface area contributed by atoms with E-state index in [1.807, 2.05) is 6.92 Å². The van der Waals surface area contributed by atoms with Crippen LogP contribution in [0.5, 0.6) is 0 Å². The Balaban J connectivity index is 2.33. The maximum absolute atomic E-state index is 12.8. The van der Waals surface area contributed by atoms with Crippen LogP contribution in [-0.4, -0.2) is 16.5 Å². The molecule has 0 radical (unpaired) electrons. The van der Waals surface area contributed by atoms with Gasteiger partial charge >= 0.3 is 0 Å². The summed E-state index contributed by atoms with van der Waals surface area (Å²) in [7, 11) is 0. The monoisotopic (exact) mass is 219 g/mol. The average Bonchev–Trinajstić information content (AvgIpc) is 2.62. The van der Waals surface area contributed by atoms with Crippen molar-refractivity contribution in [1.82, 2.24) is 9.97 Å². The van der Waals surface area contributed by atoms with E-state index < -0.39 is 0 Å². The minimum atomic E-state index is -0.241. The third-order valence-electron chi connectivity index (χ3n) is 2.48. The lowest BCUT2D eigenvalue weighted by Crippen LogP contribution is -2.03. The van der Waals surface area contributed by atoms with Crippen LogP contribution in [0.2, 0.25) is 0 Å². The smallest absolute Gasteiger partial charge is 0.137 e. The number of benzene rings is 1. The molecule has 0 saturated heterocycles. The lowest BCUT2D eigenvalue weighted by Gasteiger charge is -1.95. The number of nitrogens with one attached hydrogen (secondary N) is 1. The number of hydrogen-bond acceptors (Lipinski definition) is 2. The van der Waals surface area contributed by atoms with E-state index in [-0.39, 0.29) is 5.82 Å². The van der Waals surface area contributed by atoms with Crippen molar-refractivity contribution in [2.45, 2.75) is 13.3 Å². The summed E-state index contributed by atoms with van der Waals surface area (Å²) in [5.41, 5.74) is 8.37. The van der Waals surface area contributed by atoms with E-state index in [9.17, 15) is 4.39 Å². The van der Waals surface area contributed by atoms with Crippen molar-refractivity contribution >= 4 is 0 Å². The highest BCUT2D eigenvalue weighted by atomic mass is 19.1. The van der Waals surface area contributed by atoms with Gasteiger partial charge in [-0.1, -0.05) is 0 Å². The summed E-state index contributed by atoms with van der Waals surface area (Å²) in [6.07, 6.45) is 0.754. The minimum absolute atomic E-state index is 0.241. The van der Waals surface area contributed by atoms with Gasteiger partial charge in [-0.15, -0.1) is 0 Å². The molecular weight excluding hydrogens is 205 g/mol. The van der Waals surface area contributed by atoms with E-state index >= 15 is 0 Å². The number of nitrogens with two attached hydrogens (primary N) is 1. The van der Waals surface area contributed by atoms with E-state index in [0.717, 1.165) is 29.2 Å². The number of imidazole rings is 1. The standard InChI is InChI=1S/C12H14FN3/c1-8-11(6-7-14)16-12(15-8)9-2-4-10(13)5-3-9/h2-5H,6-7,14H2,1H3,(H,15,16). The summed E-state index contributed by atoms with van der Waals surface area (Å²) < 4.78 is 12.8. The third-order valence-corrected chi connectivity index (χ3v) is 2.48. The van der Waals surface area contributed by atoms with Crippen molar-refractivity contribution in [3.05, 3.63) is 41.5 Å². The van der Waals surface area contributed by atoms with E-state index in [0.29, 0.717) is 6.54 Å². The van der Waals surface area contributed by atoms with Gasteiger partial charge in [0.25, 0.3) is 0 Å². The largest absolute Gasteiger partial charge is 0.342 e. The SMILES string of the molecule is Cc1[nH]c(-c2ccc(F)cc2)nc1CCN. The highest BCUT2D eigenvalue weighted by Gasteiger charge is 2.07. The fourth-order valence-electron chi connectivity index (χ4n) is 1.62. The second kappa shape index (κ2) is 4.45. The lowest BCUT2D eigenvalue weighted by molar-refractivity contribution is 0.628. The van der Waals surface area contributed by atoms with Crippen LogP contribution >= 0.6 is 0 Å². The fourth-order valence-corrected chi connectivity index (χ4v) is 1.62. The van der Waals surface area contributed by atoms with Crippen molar-refractivity contribution in [2.75, 3.05) is 6.54 Å². The molecule has 3 nitrogen and oxygen atoms in total. The molecule has 16 heavy (non-hydrogen) atoms. The number of aryl methyl sites for hydroxylation is 1. The van der Waals surface area contributed by atoms with Gasteiger partial charge < -0.3 is 10.7 Å². The molecular formula is C12H14FN3. The topological polar surface area (TPSA) is 54.7 Å². The Morgan fingerprint density at radius 1 is 1.31 bits per heavy atom. The van der Waals surface area contributed by atoms with Gasteiger partial charge in [0.05, 0.1) is 5.69 Å². The summed E-state index contributed by atoms with van der Waals surface area (Å²) in [4.78, 5) is 7.62. The maximum atomic E-state index is 12.8. The van der Waals surface area contributed by atoms with Crippen molar-refractivity contribution in [3.8, 4) is 11.4 Å². The number of rotatable bonds is 3. The number of aromatic nitrogens is 2. The lowest BCUT2D eigenvalue weighted by atomic mass is 10.2. The number of halogens is 1. The Kier molecular flexibility index (Phi) is 3.01. The molecule has 0 bridgehead atoms. The maximum Gasteiger partial charge on any atom is 0.137 e. The number of aromatic amines is 1. The van der Waals surface area contributed by atoms with Crippen LogP contribution in [0.15, 0.2) is 24.3 Å². The predicted molar refractivity (Wildman–Crippen MR) is 61.5 cm³/mol. The summed E-state index contributed by atoms with van der Waals surface area (Å²) in [5, 5.41) is 0. The number of nitrogens with zero attached hydrogens (tertiary/aromatic N) is 1. The molecule has 84 valence electrons. The number of hydrogen-bond donors (Lipinski definition) is 2. The molecule has 0 amide bonds. The molecule has 0 aliphatic carbocycles. The van der Waals surface area contributed by atoms with Gasteiger partial charge in [-0.25, -0.2) is 9.37 Å². The molecule has 0 unspecified atom stereocenters. The first-order valence-electron chi connectivity index (χ1n) is 5.22. The highest BCUT2D eigenvalue weighted by molar-refractivity contribution is 5.55. The summed E-state index contributed by atoms with van der Waals surface area (Å²) in [6, 6.07) is 6.27. The molecule has 2 rings (SSSR count). The van der Waals surface area contributed by atoms with Crippen LogP contribution in [0.4, 0.5) is 4.39 Å². The van der Waals surface area contributed by atoms with Crippen LogP contribution in [0, 0.1) is 12.7 Å². The molecule has 0 saturated carbocycles. The van der Waals surface area contributed by atoms with Gasteiger partial charge in [0, 0.05) is 17.7 Å². The van der Waals surface area contributed by atoms with Crippen LogP contribution in [0.3, 0.4) is 0 Å². The van der Waals surface area contributed by atoms with Crippen LogP contribution < -0.4 is 5.73 Å². The molecule has 1 heterocycles. The second-order valence-electron chi connectivity index (χ2n) is 3.70. The second-order valence-corrected chi connectivity index (χ2v) is 3.70. The Bertz CT molecular complexity index is 474. The minimum Gasteiger partial charge on any atom is -0.342 e. The van der Waals surface area contributed by atoms with Crippen LogP contribution in [0.1, 0.15) is 11.4 Å². The first-order valence-corrected chi connectivity index (χ1v) is 5.22. The van der Waals surface area contributed by atoms with Crippen molar-refractivity contribution in [1.29, 1.82) is 0 Å². The van der Waals surface area contributed by atoms with Crippen molar-refractivity contribution < 1.29 is 4.39 Å². The predicted octanol–water partition coefficient (Wildman–Crippen LogP) is 2.03. The molecule has 1 aromatic heterocycles. The molecule has 2 aromatic rings. The zero-order chi connectivity index (χ0) is 11.5. The van der Waals surface area contributed by atoms with Crippen LogP contribution in [-0.2, 0) is 6.42 Å². The van der Waals surface area contributed by atoms with Gasteiger partial charge in [0.1, 0.15) is 11.6 Å². The zero-order valence-corrected chi connectivity index (χ0v) is 9.13. The molecule has 0 fully saturated rings. The Labute approximate surface area is 93.5 Å². The van der Waals surface area contributed by atoms with E-state index in [2.05, 4.69) is 9.97 Å². The van der Waals surface area contributed by atoms with Gasteiger partial charge in [-0.05, 0) is 37.7 Å². The molecule has 1 aromatic carbocycles. The quantitative estimate of drug-likeness (QED) is 0.829.